The van der Waals surface area contributed by atoms with Crippen molar-refractivity contribution in [1.29, 1.82) is 0 Å². The number of sulfone groups is 1. The number of hydrogen-bond donors (Lipinski definition) is 2. The van der Waals surface area contributed by atoms with Gasteiger partial charge in [-0.2, -0.15) is 0 Å². The lowest BCUT2D eigenvalue weighted by Crippen LogP contribution is -2.42. The van der Waals surface area contributed by atoms with Crippen molar-refractivity contribution in [3.05, 3.63) is 60.2 Å². The van der Waals surface area contributed by atoms with Crippen LogP contribution in [0.2, 0.25) is 0 Å². The summed E-state index contributed by atoms with van der Waals surface area (Å²) in [6.07, 6.45) is -0.144. The molecule has 0 heterocycles. The minimum Gasteiger partial charge on any atom is -0.508 e. The quantitative estimate of drug-likeness (QED) is 0.708. The Kier molecular flexibility index (Phi) is 6.35. The fourth-order valence-electron chi connectivity index (χ4n) is 2.30. The molecule has 1 atom stereocenters. The number of phenols is 1. The SMILES string of the molecule is COC(=O)[C@H](CCS(=O)(=O)c1ccccc1)NC(=O)c1cccc(O)c1. The van der Waals surface area contributed by atoms with Crippen LogP contribution in [0.4, 0.5) is 0 Å². The van der Waals surface area contributed by atoms with Crippen LogP contribution in [0, 0.1) is 0 Å². The number of ether oxygens (including phenoxy) is 1. The second-order valence-corrected chi connectivity index (χ2v) is 7.63. The molecular formula is C18H19NO6S. The van der Waals surface area contributed by atoms with Gasteiger partial charge in [0.15, 0.2) is 9.84 Å². The molecule has 0 radical (unpaired) electrons. The van der Waals surface area contributed by atoms with Gasteiger partial charge in [0.25, 0.3) is 5.91 Å². The molecular weight excluding hydrogens is 358 g/mol. The van der Waals surface area contributed by atoms with Gasteiger partial charge in [-0.15, -0.1) is 0 Å². The molecule has 2 aromatic carbocycles. The number of aromatic hydroxyl groups is 1. The number of carbonyl (C=O) groups excluding carboxylic acids is 2. The number of benzene rings is 2. The summed E-state index contributed by atoms with van der Waals surface area (Å²) < 4.78 is 29.3. The highest BCUT2D eigenvalue weighted by atomic mass is 32.2. The van der Waals surface area contributed by atoms with Gasteiger partial charge in [0.1, 0.15) is 11.8 Å². The van der Waals surface area contributed by atoms with Crippen molar-refractivity contribution in [3.8, 4) is 5.75 Å². The first kappa shape index (κ1) is 19.5. The number of carbonyl (C=O) groups is 2. The lowest BCUT2D eigenvalue weighted by Gasteiger charge is -2.16. The Morgan fingerprint density at radius 3 is 2.42 bits per heavy atom. The second-order valence-electron chi connectivity index (χ2n) is 5.52. The van der Waals surface area contributed by atoms with E-state index in [0.717, 1.165) is 7.11 Å². The highest BCUT2D eigenvalue weighted by Crippen LogP contribution is 2.14. The molecule has 7 nitrogen and oxygen atoms in total. The van der Waals surface area contributed by atoms with E-state index < -0.39 is 27.8 Å². The van der Waals surface area contributed by atoms with Crippen LogP contribution in [0.3, 0.4) is 0 Å². The Balaban J connectivity index is 2.10. The zero-order chi connectivity index (χ0) is 19.2. The Morgan fingerprint density at radius 1 is 1.12 bits per heavy atom. The van der Waals surface area contributed by atoms with E-state index in [9.17, 15) is 23.1 Å². The molecule has 0 aliphatic heterocycles. The zero-order valence-electron chi connectivity index (χ0n) is 14.1. The Labute approximate surface area is 151 Å². The molecule has 0 saturated carbocycles. The van der Waals surface area contributed by atoms with Gasteiger partial charge in [-0.05, 0) is 36.8 Å². The predicted molar refractivity (Wildman–Crippen MR) is 94.5 cm³/mol. The molecule has 138 valence electrons. The summed E-state index contributed by atoms with van der Waals surface area (Å²) in [6, 6.07) is 12.3. The number of esters is 1. The van der Waals surface area contributed by atoms with Gasteiger partial charge in [0, 0.05) is 5.56 Å². The molecule has 0 aliphatic rings. The van der Waals surface area contributed by atoms with Crippen LogP contribution >= 0.6 is 0 Å². The molecule has 0 bridgehead atoms. The molecule has 0 spiro atoms. The molecule has 2 aromatic rings. The minimum atomic E-state index is -3.60. The van der Waals surface area contributed by atoms with Crippen LogP contribution in [0.25, 0.3) is 0 Å². The van der Waals surface area contributed by atoms with Crippen molar-refractivity contribution in [2.75, 3.05) is 12.9 Å². The maximum atomic E-state index is 12.4. The van der Waals surface area contributed by atoms with Gasteiger partial charge in [-0.25, -0.2) is 13.2 Å². The maximum absolute atomic E-state index is 12.4. The van der Waals surface area contributed by atoms with Gasteiger partial charge < -0.3 is 15.2 Å². The largest absolute Gasteiger partial charge is 0.508 e. The van der Waals surface area contributed by atoms with Crippen LogP contribution in [0.15, 0.2) is 59.5 Å². The van der Waals surface area contributed by atoms with Gasteiger partial charge in [-0.3, -0.25) is 4.79 Å². The van der Waals surface area contributed by atoms with Crippen molar-refractivity contribution in [2.24, 2.45) is 0 Å². The first-order valence-corrected chi connectivity index (χ1v) is 9.44. The average molecular weight is 377 g/mol. The Morgan fingerprint density at radius 2 is 1.81 bits per heavy atom. The van der Waals surface area contributed by atoms with Crippen LogP contribution in [0.1, 0.15) is 16.8 Å². The van der Waals surface area contributed by atoms with Crippen LogP contribution in [-0.2, 0) is 19.4 Å². The van der Waals surface area contributed by atoms with Crippen LogP contribution < -0.4 is 5.32 Å². The van der Waals surface area contributed by atoms with Crippen molar-refractivity contribution in [3.63, 3.8) is 0 Å². The third-order valence-electron chi connectivity index (χ3n) is 3.68. The Hall–Kier alpha value is -2.87. The van der Waals surface area contributed by atoms with Gasteiger partial charge in [-0.1, -0.05) is 24.3 Å². The van der Waals surface area contributed by atoms with E-state index in [2.05, 4.69) is 10.1 Å². The average Bonchev–Trinajstić information content (AvgIpc) is 2.65. The smallest absolute Gasteiger partial charge is 0.328 e. The van der Waals surface area contributed by atoms with E-state index >= 15 is 0 Å². The topological polar surface area (TPSA) is 110 Å². The minimum absolute atomic E-state index is 0.0982. The van der Waals surface area contributed by atoms with E-state index in [1.807, 2.05) is 0 Å². The zero-order valence-corrected chi connectivity index (χ0v) is 14.9. The van der Waals surface area contributed by atoms with Crippen LogP contribution in [0.5, 0.6) is 5.75 Å². The van der Waals surface area contributed by atoms with Crippen molar-refractivity contribution in [1.82, 2.24) is 5.32 Å². The third-order valence-corrected chi connectivity index (χ3v) is 5.44. The molecule has 0 unspecified atom stereocenters. The molecule has 1 amide bonds. The summed E-state index contributed by atoms with van der Waals surface area (Å²) in [5.74, 6) is -1.80. The first-order chi connectivity index (χ1) is 12.3. The van der Waals surface area contributed by atoms with Crippen molar-refractivity contribution < 1.29 is 27.9 Å². The summed E-state index contributed by atoms with van der Waals surface area (Å²) in [6.45, 7) is 0. The number of amides is 1. The molecule has 0 fully saturated rings. The number of nitrogens with one attached hydrogen (secondary N) is 1. The summed E-state index contributed by atoms with van der Waals surface area (Å²) in [5, 5.41) is 11.9. The molecule has 0 aromatic heterocycles. The summed E-state index contributed by atoms with van der Waals surface area (Å²) >= 11 is 0. The van der Waals surface area contributed by atoms with E-state index in [0.29, 0.717) is 0 Å². The lowest BCUT2D eigenvalue weighted by molar-refractivity contribution is -0.142. The molecule has 8 heteroatoms. The van der Waals surface area contributed by atoms with Crippen LogP contribution in [-0.4, -0.2) is 44.3 Å². The highest BCUT2D eigenvalue weighted by molar-refractivity contribution is 7.91. The first-order valence-electron chi connectivity index (χ1n) is 7.79. The molecule has 0 aliphatic carbocycles. The number of hydrogen-bond acceptors (Lipinski definition) is 6. The number of methoxy groups -OCH3 is 1. The van der Waals surface area contributed by atoms with Crippen molar-refractivity contribution in [2.45, 2.75) is 17.4 Å². The summed E-state index contributed by atoms with van der Waals surface area (Å²) in [7, 11) is -2.45. The molecule has 0 saturated heterocycles. The number of phenolic OH excluding ortho intramolecular Hbond substituents is 1. The normalized spacial score (nSPS) is 12.2. The molecule has 26 heavy (non-hydrogen) atoms. The second kappa shape index (κ2) is 8.48. The van der Waals surface area contributed by atoms with Gasteiger partial charge in [0.05, 0.1) is 17.8 Å². The highest BCUT2D eigenvalue weighted by Gasteiger charge is 2.25. The van der Waals surface area contributed by atoms with E-state index in [1.54, 1.807) is 18.2 Å². The van der Waals surface area contributed by atoms with Crippen molar-refractivity contribution >= 4 is 21.7 Å². The third kappa shape index (κ3) is 5.06. The van der Waals surface area contributed by atoms with E-state index in [-0.39, 0.29) is 28.4 Å². The monoisotopic (exact) mass is 377 g/mol. The molecule has 2 N–H and O–H groups in total. The molecule has 2 rings (SSSR count). The fraction of sp³-hybridized carbons (Fsp3) is 0.222. The summed E-state index contributed by atoms with van der Waals surface area (Å²) in [4.78, 5) is 24.3. The van der Waals surface area contributed by atoms with Gasteiger partial charge in [0.2, 0.25) is 0 Å². The van der Waals surface area contributed by atoms with E-state index in [1.165, 1.54) is 36.4 Å². The summed E-state index contributed by atoms with van der Waals surface area (Å²) in [5.41, 5.74) is 0.143. The lowest BCUT2D eigenvalue weighted by atomic mass is 10.1. The van der Waals surface area contributed by atoms with E-state index in [4.69, 9.17) is 0 Å². The predicted octanol–water partition coefficient (Wildman–Crippen LogP) is 1.53. The number of rotatable bonds is 7. The van der Waals surface area contributed by atoms with Gasteiger partial charge >= 0.3 is 5.97 Å². The fourth-order valence-corrected chi connectivity index (χ4v) is 3.65. The Bertz CT molecular complexity index is 880. The standard InChI is InChI=1S/C18H19NO6S/c1-25-18(22)16(19-17(21)13-6-5-7-14(20)12-13)10-11-26(23,24)15-8-3-2-4-9-15/h2-9,12,16,20H,10-11H2,1H3,(H,19,21)/t16-/m0/s1. The maximum Gasteiger partial charge on any atom is 0.328 e.